The Kier molecular flexibility index (Phi) is 3.79. The number of ether oxygens (including phenoxy) is 1. The zero-order valence-electron chi connectivity index (χ0n) is 12.9. The zero-order chi connectivity index (χ0) is 14.1. The Bertz CT molecular complexity index is 408. The van der Waals surface area contributed by atoms with Crippen LogP contribution in [0.1, 0.15) is 38.5 Å². The molecule has 2 saturated heterocycles. The van der Waals surface area contributed by atoms with E-state index in [4.69, 9.17) is 9.57 Å². The standard InChI is InChI=1S/C16H27N3O2/c1-2-7-19(8-3-1)11-14-12-20-18-15(21-14)16-5-4-6-17-10-13(16)9-16/h13-14,17H,1-12H2. The Morgan fingerprint density at radius 3 is 3.05 bits per heavy atom. The van der Waals surface area contributed by atoms with Gasteiger partial charge in [0, 0.05) is 6.54 Å². The molecule has 5 heteroatoms. The van der Waals surface area contributed by atoms with Crippen molar-refractivity contribution in [2.24, 2.45) is 16.5 Å². The maximum Gasteiger partial charge on any atom is 0.232 e. The lowest BCUT2D eigenvalue weighted by Crippen LogP contribution is -2.43. The maximum atomic E-state index is 6.28. The molecular weight excluding hydrogens is 266 g/mol. The molecular formula is C16H27N3O2. The summed E-state index contributed by atoms with van der Waals surface area (Å²) < 4.78 is 6.28. The van der Waals surface area contributed by atoms with Gasteiger partial charge < -0.3 is 14.9 Å². The molecule has 4 aliphatic rings. The Hall–Kier alpha value is -0.810. The summed E-state index contributed by atoms with van der Waals surface area (Å²) in [5.74, 6) is 1.61. The van der Waals surface area contributed by atoms with Gasteiger partial charge in [-0.15, -0.1) is 0 Å². The molecule has 1 aliphatic carbocycles. The summed E-state index contributed by atoms with van der Waals surface area (Å²) in [6, 6.07) is 0. The average molecular weight is 293 g/mol. The molecule has 4 rings (SSSR count). The van der Waals surface area contributed by atoms with Gasteiger partial charge in [0.15, 0.2) is 6.61 Å². The van der Waals surface area contributed by atoms with Gasteiger partial charge in [-0.3, -0.25) is 4.90 Å². The van der Waals surface area contributed by atoms with Gasteiger partial charge in [-0.2, -0.15) is 0 Å². The topological polar surface area (TPSA) is 46.1 Å². The lowest BCUT2D eigenvalue weighted by atomic mass is 9.97. The van der Waals surface area contributed by atoms with Crippen molar-refractivity contribution in [2.75, 3.05) is 39.3 Å². The SMILES string of the molecule is C1CCN(CC2CON=C(C34CCCNCC3C4)O2)CC1. The lowest BCUT2D eigenvalue weighted by molar-refractivity contribution is -0.0173. The van der Waals surface area contributed by atoms with Gasteiger partial charge in [0.1, 0.15) is 6.10 Å². The fraction of sp³-hybridized carbons (Fsp3) is 0.938. The van der Waals surface area contributed by atoms with Crippen molar-refractivity contribution in [3.63, 3.8) is 0 Å². The van der Waals surface area contributed by atoms with E-state index in [1.165, 1.54) is 51.6 Å². The van der Waals surface area contributed by atoms with Gasteiger partial charge in [0.2, 0.25) is 5.90 Å². The third kappa shape index (κ3) is 2.78. The minimum atomic E-state index is 0.169. The molecule has 1 N–H and O–H groups in total. The van der Waals surface area contributed by atoms with E-state index in [0.717, 1.165) is 25.5 Å². The molecule has 3 heterocycles. The molecule has 3 aliphatic heterocycles. The zero-order valence-corrected chi connectivity index (χ0v) is 12.9. The highest BCUT2D eigenvalue weighted by Gasteiger charge is 2.60. The first kappa shape index (κ1) is 13.8. The van der Waals surface area contributed by atoms with E-state index in [1.807, 2.05) is 0 Å². The van der Waals surface area contributed by atoms with Crippen molar-refractivity contribution in [3.05, 3.63) is 0 Å². The van der Waals surface area contributed by atoms with E-state index < -0.39 is 0 Å². The minimum absolute atomic E-state index is 0.169. The highest BCUT2D eigenvalue weighted by atomic mass is 16.7. The van der Waals surface area contributed by atoms with E-state index in [0.29, 0.717) is 12.5 Å². The summed E-state index contributed by atoms with van der Waals surface area (Å²) in [5.41, 5.74) is 0.198. The number of fused-ring (bicyclic) bond motifs is 1. The summed E-state index contributed by atoms with van der Waals surface area (Å²) in [5, 5.41) is 7.82. The molecule has 0 aromatic carbocycles. The van der Waals surface area contributed by atoms with E-state index >= 15 is 0 Å². The second-order valence-corrected chi connectivity index (χ2v) is 7.16. The molecule has 5 nitrogen and oxygen atoms in total. The highest BCUT2D eigenvalue weighted by Crippen LogP contribution is 2.58. The molecule has 21 heavy (non-hydrogen) atoms. The van der Waals surface area contributed by atoms with Crippen LogP contribution in [0.3, 0.4) is 0 Å². The van der Waals surface area contributed by atoms with E-state index in [2.05, 4.69) is 15.4 Å². The van der Waals surface area contributed by atoms with Gasteiger partial charge in [-0.05, 0) is 64.2 Å². The molecule has 0 aromatic rings. The van der Waals surface area contributed by atoms with E-state index in [9.17, 15) is 0 Å². The molecule has 0 radical (unpaired) electrons. The lowest BCUT2D eigenvalue weighted by Gasteiger charge is -2.33. The monoisotopic (exact) mass is 293 g/mol. The fourth-order valence-electron chi connectivity index (χ4n) is 4.25. The van der Waals surface area contributed by atoms with Crippen LogP contribution >= 0.6 is 0 Å². The number of oxime groups is 1. The van der Waals surface area contributed by atoms with Gasteiger partial charge in [0.05, 0.1) is 5.41 Å². The quantitative estimate of drug-likeness (QED) is 0.858. The third-order valence-electron chi connectivity index (χ3n) is 5.62. The first-order chi connectivity index (χ1) is 10.4. The second kappa shape index (κ2) is 5.76. The molecule has 0 bridgehead atoms. The van der Waals surface area contributed by atoms with Crippen molar-refractivity contribution in [1.29, 1.82) is 0 Å². The van der Waals surface area contributed by atoms with Crippen molar-refractivity contribution >= 4 is 5.90 Å². The van der Waals surface area contributed by atoms with Crippen molar-refractivity contribution in [3.8, 4) is 0 Å². The van der Waals surface area contributed by atoms with Crippen LogP contribution in [0, 0.1) is 11.3 Å². The largest absolute Gasteiger partial charge is 0.470 e. The van der Waals surface area contributed by atoms with Crippen LogP contribution in [0.25, 0.3) is 0 Å². The van der Waals surface area contributed by atoms with Gasteiger partial charge in [-0.1, -0.05) is 11.6 Å². The van der Waals surface area contributed by atoms with Gasteiger partial charge >= 0.3 is 0 Å². The van der Waals surface area contributed by atoms with Crippen LogP contribution in [0.4, 0.5) is 0 Å². The smallest absolute Gasteiger partial charge is 0.232 e. The summed E-state index contributed by atoms with van der Waals surface area (Å²) in [6.07, 6.45) is 7.83. The average Bonchev–Trinajstić information content (AvgIpc) is 3.24. The van der Waals surface area contributed by atoms with Gasteiger partial charge in [0.25, 0.3) is 0 Å². The van der Waals surface area contributed by atoms with Crippen molar-refractivity contribution in [1.82, 2.24) is 10.2 Å². The number of rotatable bonds is 3. The van der Waals surface area contributed by atoms with E-state index in [-0.39, 0.29) is 11.5 Å². The van der Waals surface area contributed by atoms with Crippen LogP contribution < -0.4 is 5.32 Å². The Morgan fingerprint density at radius 2 is 2.14 bits per heavy atom. The Balaban J connectivity index is 1.37. The Morgan fingerprint density at radius 1 is 1.24 bits per heavy atom. The Labute approximate surface area is 127 Å². The molecule has 118 valence electrons. The summed E-state index contributed by atoms with van der Waals surface area (Å²) in [7, 11) is 0. The van der Waals surface area contributed by atoms with Crippen LogP contribution in [-0.2, 0) is 9.57 Å². The summed E-state index contributed by atoms with van der Waals surface area (Å²) in [4.78, 5) is 8.06. The molecule has 1 saturated carbocycles. The number of likely N-dealkylation sites (tertiary alicyclic amines) is 1. The maximum absolute atomic E-state index is 6.28. The number of nitrogens with one attached hydrogen (secondary N) is 1. The number of nitrogens with zero attached hydrogens (tertiary/aromatic N) is 2. The normalized spacial score (nSPS) is 40.3. The molecule has 0 spiro atoms. The first-order valence-corrected chi connectivity index (χ1v) is 8.67. The second-order valence-electron chi connectivity index (χ2n) is 7.16. The third-order valence-corrected chi connectivity index (χ3v) is 5.62. The predicted octanol–water partition coefficient (Wildman–Crippen LogP) is 1.59. The molecule has 0 aromatic heterocycles. The van der Waals surface area contributed by atoms with Crippen LogP contribution in [0.5, 0.6) is 0 Å². The number of hydrogen-bond acceptors (Lipinski definition) is 5. The van der Waals surface area contributed by atoms with Crippen LogP contribution in [0.2, 0.25) is 0 Å². The summed E-state index contributed by atoms with van der Waals surface area (Å²) in [6.45, 7) is 6.27. The predicted molar refractivity (Wildman–Crippen MR) is 81.2 cm³/mol. The fourth-order valence-corrected chi connectivity index (χ4v) is 4.25. The van der Waals surface area contributed by atoms with E-state index in [1.54, 1.807) is 0 Å². The summed E-state index contributed by atoms with van der Waals surface area (Å²) >= 11 is 0. The number of piperidine rings is 1. The van der Waals surface area contributed by atoms with Crippen molar-refractivity contribution in [2.45, 2.75) is 44.6 Å². The number of hydrogen-bond donors (Lipinski definition) is 1. The molecule has 3 atom stereocenters. The highest BCUT2D eigenvalue weighted by molar-refractivity contribution is 5.86. The van der Waals surface area contributed by atoms with Crippen LogP contribution in [0.15, 0.2) is 5.16 Å². The molecule has 0 amide bonds. The molecule has 3 unspecified atom stereocenters. The van der Waals surface area contributed by atoms with Crippen LogP contribution in [-0.4, -0.2) is 56.2 Å². The first-order valence-electron chi connectivity index (χ1n) is 8.67. The minimum Gasteiger partial charge on any atom is -0.470 e. The van der Waals surface area contributed by atoms with Gasteiger partial charge in [-0.25, -0.2) is 0 Å². The van der Waals surface area contributed by atoms with Crippen molar-refractivity contribution < 1.29 is 9.57 Å². The molecule has 3 fully saturated rings.